The van der Waals surface area contributed by atoms with Crippen molar-refractivity contribution in [1.82, 2.24) is 0 Å². The van der Waals surface area contributed by atoms with Crippen LogP contribution in [0.4, 0.5) is 0 Å². The highest BCUT2D eigenvalue weighted by atomic mass is 16.7. The maximum atomic E-state index is 9.94. The predicted molar refractivity (Wildman–Crippen MR) is 62.9 cm³/mol. The van der Waals surface area contributed by atoms with E-state index in [0.717, 1.165) is 5.56 Å². The van der Waals surface area contributed by atoms with E-state index in [2.05, 4.69) is 0 Å². The topological polar surface area (TPSA) is 88.4 Å². The molecule has 2 aliphatic heterocycles. The van der Waals surface area contributed by atoms with Crippen LogP contribution in [-0.2, 0) is 14.2 Å². The number of benzene rings is 1. The van der Waals surface area contributed by atoms with Crippen LogP contribution >= 0.6 is 0 Å². The Morgan fingerprint density at radius 1 is 0.947 bits per heavy atom. The number of hydrogen-bond donors (Lipinski definition) is 3. The third-order valence-corrected chi connectivity index (χ3v) is 3.42. The molecule has 3 N–H and O–H groups in total. The SMILES string of the molecule is OC1OC2COC(c3ccccc3)O[C@@H]2C(O)C1O. The summed E-state index contributed by atoms with van der Waals surface area (Å²) >= 11 is 0. The fourth-order valence-electron chi connectivity index (χ4n) is 2.37. The number of aliphatic hydroxyl groups is 3. The average molecular weight is 268 g/mol. The van der Waals surface area contributed by atoms with Crippen LogP contribution in [0.25, 0.3) is 0 Å². The van der Waals surface area contributed by atoms with E-state index in [1.54, 1.807) is 0 Å². The molecule has 104 valence electrons. The molecule has 3 rings (SSSR count). The normalized spacial score (nSPS) is 42.7. The molecule has 0 aromatic heterocycles. The van der Waals surface area contributed by atoms with E-state index < -0.39 is 37.0 Å². The average Bonchev–Trinajstić information content (AvgIpc) is 2.46. The van der Waals surface area contributed by atoms with Gasteiger partial charge in [-0.15, -0.1) is 0 Å². The zero-order valence-corrected chi connectivity index (χ0v) is 10.1. The lowest BCUT2D eigenvalue weighted by Gasteiger charge is -2.45. The van der Waals surface area contributed by atoms with Crippen LogP contribution in [0.5, 0.6) is 0 Å². The smallest absolute Gasteiger partial charge is 0.184 e. The highest BCUT2D eigenvalue weighted by molar-refractivity contribution is 5.16. The lowest BCUT2D eigenvalue weighted by Crippen LogP contribution is -2.61. The van der Waals surface area contributed by atoms with E-state index in [9.17, 15) is 15.3 Å². The summed E-state index contributed by atoms with van der Waals surface area (Å²) in [5.74, 6) is 0. The summed E-state index contributed by atoms with van der Waals surface area (Å²) in [6.45, 7) is 0.186. The van der Waals surface area contributed by atoms with Gasteiger partial charge in [-0.1, -0.05) is 30.3 Å². The third kappa shape index (κ3) is 2.38. The van der Waals surface area contributed by atoms with Crippen LogP contribution in [0.1, 0.15) is 11.9 Å². The maximum absolute atomic E-state index is 9.94. The first kappa shape index (κ1) is 13.0. The fourth-order valence-corrected chi connectivity index (χ4v) is 2.37. The number of aliphatic hydroxyl groups excluding tert-OH is 3. The Morgan fingerprint density at radius 3 is 2.42 bits per heavy atom. The quantitative estimate of drug-likeness (QED) is 0.639. The molecular weight excluding hydrogens is 252 g/mol. The molecular formula is C13H16O6. The molecule has 6 atom stereocenters. The second-order valence-corrected chi connectivity index (χ2v) is 4.72. The van der Waals surface area contributed by atoms with Crippen molar-refractivity contribution in [3.05, 3.63) is 35.9 Å². The van der Waals surface area contributed by atoms with Crippen molar-refractivity contribution >= 4 is 0 Å². The van der Waals surface area contributed by atoms with Gasteiger partial charge in [0.1, 0.15) is 24.4 Å². The Hall–Kier alpha value is -1.02. The van der Waals surface area contributed by atoms with Gasteiger partial charge in [0.05, 0.1) is 6.61 Å². The monoisotopic (exact) mass is 268 g/mol. The summed E-state index contributed by atoms with van der Waals surface area (Å²) in [7, 11) is 0. The summed E-state index contributed by atoms with van der Waals surface area (Å²) in [6.07, 6.45) is -5.93. The second kappa shape index (κ2) is 5.16. The molecule has 0 aliphatic carbocycles. The fraction of sp³-hybridized carbons (Fsp3) is 0.538. The van der Waals surface area contributed by atoms with Crippen molar-refractivity contribution in [2.75, 3.05) is 6.61 Å². The zero-order chi connectivity index (χ0) is 13.4. The van der Waals surface area contributed by atoms with Crippen LogP contribution in [-0.4, -0.2) is 52.6 Å². The van der Waals surface area contributed by atoms with E-state index in [1.807, 2.05) is 30.3 Å². The predicted octanol–water partition coefficient (Wildman–Crippen LogP) is -0.460. The van der Waals surface area contributed by atoms with Crippen molar-refractivity contribution in [1.29, 1.82) is 0 Å². The van der Waals surface area contributed by atoms with E-state index in [4.69, 9.17) is 14.2 Å². The molecule has 5 unspecified atom stereocenters. The summed E-state index contributed by atoms with van der Waals surface area (Å²) in [5.41, 5.74) is 0.828. The van der Waals surface area contributed by atoms with Crippen molar-refractivity contribution in [3.8, 4) is 0 Å². The molecule has 0 saturated carbocycles. The Morgan fingerprint density at radius 2 is 1.68 bits per heavy atom. The van der Waals surface area contributed by atoms with Gasteiger partial charge in [-0.3, -0.25) is 0 Å². The molecule has 2 heterocycles. The van der Waals surface area contributed by atoms with E-state index in [-0.39, 0.29) is 6.61 Å². The zero-order valence-electron chi connectivity index (χ0n) is 10.1. The largest absolute Gasteiger partial charge is 0.387 e. The molecule has 1 aromatic rings. The van der Waals surface area contributed by atoms with E-state index in [0.29, 0.717) is 0 Å². The Balaban J connectivity index is 1.75. The summed E-state index contributed by atoms with van der Waals surface area (Å²) in [4.78, 5) is 0. The van der Waals surface area contributed by atoms with Gasteiger partial charge in [-0.25, -0.2) is 0 Å². The minimum atomic E-state index is -1.42. The first-order chi connectivity index (χ1) is 9.16. The van der Waals surface area contributed by atoms with Crippen molar-refractivity contribution < 1.29 is 29.5 Å². The molecule has 19 heavy (non-hydrogen) atoms. The van der Waals surface area contributed by atoms with Gasteiger partial charge >= 0.3 is 0 Å². The molecule has 1 aromatic carbocycles. The number of fused-ring (bicyclic) bond motifs is 1. The molecule has 0 amide bonds. The van der Waals surface area contributed by atoms with Gasteiger partial charge in [-0.2, -0.15) is 0 Å². The van der Waals surface area contributed by atoms with Gasteiger partial charge < -0.3 is 29.5 Å². The highest BCUT2D eigenvalue weighted by Crippen LogP contribution is 2.33. The first-order valence-corrected chi connectivity index (χ1v) is 6.18. The van der Waals surface area contributed by atoms with Gasteiger partial charge in [-0.05, 0) is 0 Å². The van der Waals surface area contributed by atoms with E-state index >= 15 is 0 Å². The molecule has 2 fully saturated rings. The molecule has 0 radical (unpaired) electrons. The Labute approximate surface area is 110 Å². The minimum Gasteiger partial charge on any atom is -0.387 e. The molecule has 2 saturated heterocycles. The second-order valence-electron chi connectivity index (χ2n) is 4.72. The molecule has 0 bridgehead atoms. The third-order valence-electron chi connectivity index (χ3n) is 3.42. The van der Waals surface area contributed by atoms with Crippen molar-refractivity contribution in [2.24, 2.45) is 0 Å². The van der Waals surface area contributed by atoms with Crippen molar-refractivity contribution in [2.45, 2.75) is 37.0 Å². The first-order valence-electron chi connectivity index (χ1n) is 6.18. The molecule has 2 aliphatic rings. The molecule has 6 nitrogen and oxygen atoms in total. The van der Waals surface area contributed by atoms with Gasteiger partial charge in [0.2, 0.25) is 0 Å². The lowest BCUT2D eigenvalue weighted by molar-refractivity contribution is -0.354. The van der Waals surface area contributed by atoms with Crippen LogP contribution in [0.15, 0.2) is 30.3 Å². The van der Waals surface area contributed by atoms with Crippen molar-refractivity contribution in [3.63, 3.8) is 0 Å². The van der Waals surface area contributed by atoms with Gasteiger partial charge in [0.25, 0.3) is 0 Å². The number of rotatable bonds is 1. The summed E-state index contributed by atoms with van der Waals surface area (Å²) in [5, 5.41) is 29.0. The molecule has 0 spiro atoms. The maximum Gasteiger partial charge on any atom is 0.184 e. The van der Waals surface area contributed by atoms with Crippen LogP contribution < -0.4 is 0 Å². The van der Waals surface area contributed by atoms with Gasteiger partial charge in [0, 0.05) is 5.56 Å². The minimum absolute atomic E-state index is 0.186. The lowest BCUT2D eigenvalue weighted by atomic mass is 9.98. The Bertz CT molecular complexity index is 422. The summed E-state index contributed by atoms with van der Waals surface area (Å²) in [6, 6.07) is 9.31. The number of hydrogen-bond acceptors (Lipinski definition) is 6. The highest BCUT2D eigenvalue weighted by Gasteiger charge is 2.48. The van der Waals surface area contributed by atoms with Gasteiger partial charge in [0.15, 0.2) is 12.6 Å². The van der Waals surface area contributed by atoms with Crippen LogP contribution in [0, 0.1) is 0 Å². The standard InChI is InChI=1S/C13H16O6/c14-9-10(15)12(16)18-8-6-17-13(19-11(8)9)7-4-2-1-3-5-7/h1-5,8-16H,6H2/t8?,9?,10?,11-,12?,13?/m0/s1. The summed E-state index contributed by atoms with van der Waals surface area (Å²) < 4.78 is 16.3. The number of ether oxygens (including phenoxy) is 3. The van der Waals surface area contributed by atoms with Crippen LogP contribution in [0.3, 0.4) is 0 Å². The van der Waals surface area contributed by atoms with Crippen LogP contribution in [0.2, 0.25) is 0 Å². The Kier molecular flexibility index (Phi) is 3.53. The van der Waals surface area contributed by atoms with E-state index in [1.165, 1.54) is 0 Å². The molecule has 6 heteroatoms.